The van der Waals surface area contributed by atoms with E-state index in [0.717, 1.165) is 53.2 Å². The molecule has 1 saturated carbocycles. The van der Waals surface area contributed by atoms with Crippen LogP contribution >= 0.6 is 0 Å². The van der Waals surface area contributed by atoms with Crippen LogP contribution in [-0.2, 0) is 0 Å². The van der Waals surface area contributed by atoms with Gasteiger partial charge < -0.3 is 0 Å². The summed E-state index contributed by atoms with van der Waals surface area (Å²) in [7, 11) is 0. The van der Waals surface area contributed by atoms with Crippen molar-refractivity contribution < 1.29 is 9.18 Å². The molecular formula is C28H27FO. The highest BCUT2D eigenvalue weighted by atomic mass is 19.1. The number of halogens is 1. The number of benzene rings is 3. The van der Waals surface area contributed by atoms with Crippen molar-refractivity contribution in [3.05, 3.63) is 95.2 Å². The van der Waals surface area contributed by atoms with E-state index in [-0.39, 0.29) is 18.1 Å². The molecule has 0 bridgehead atoms. The molecular weight excluding hydrogens is 371 g/mol. The van der Waals surface area contributed by atoms with Crippen molar-refractivity contribution in [2.75, 3.05) is 6.67 Å². The number of hydrogen-bond acceptors (Lipinski definition) is 1. The molecule has 0 amide bonds. The molecule has 152 valence electrons. The standard InChI is InChI=1S/C28H27FO/c29-19-18-24(26-17-9-15-21-12-7-8-16-25(21)26)20-27(22-10-3-1-4-11-22)28(30)23-13-5-2-6-14-23/h2,5-9,12-17,22H,1,3-4,10-11,18-19H2. The number of allylic oxidation sites excluding steroid dienone is 1. The average Bonchev–Trinajstić information content (AvgIpc) is 2.82. The largest absolute Gasteiger partial charge is 0.288 e. The van der Waals surface area contributed by atoms with Gasteiger partial charge in [0.1, 0.15) is 0 Å². The molecule has 0 N–H and O–H groups in total. The van der Waals surface area contributed by atoms with Gasteiger partial charge in [-0.3, -0.25) is 9.18 Å². The van der Waals surface area contributed by atoms with Crippen molar-refractivity contribution >= 4 is 22.1 Å². The van der Waals surface area contributed by atoms with Gasteiger partial charge in [-0.1, -0.05) is 92.1 Å². The lowest BCUT2D eigenvalue weighted by Crippen LogP contribution is -2.16. The monoisotopic (exact) mass is 398 g/mol. The minimum atomic E-state index is -0.469. The maximum absolute atomic E-state index is 13.6. The van der Waals surface area contributed by atoms with Crippen LogP contribution in [0, 0.1) is 5.92 Å². The first kappa shape index (κ1) is 20.3. The van der Waals surface area contributed by atoms with Crippen LogP contribution in [-0.4, -0.2) is 12.5 Å². The van der Waals surface area contributed by atoms with Gasteiger partial charge >= 0.3 is 0 Å². The molecule has 0 aliphatic heterocycles. The summed E-state index contributed by atoms with van der Waals surface area (Å²) in [5.74, 6) is 0.218. The second-order valence-electron chi connectivity index (χ2n) is 8.01. The van der Waals surface area contributed by atoms with Crippen LogP contribution in [0.2, 0.25) is 0 Å². The second kappa shape index (κ2) is 9.69. The first-order chi connectivity index (χ1) is 14.8. The Balaban J connectivity index is 1.92. The van der Waals surface area contributed by atoms with Gasteiger partial charge in [0.25, 0.3) is 0 Å². The van der Waals surface area contributed by atoms with E-state index in [1.807, 2.05) is 54.6 Å². The number of rotatable bonds is 6. The third-order valence-electron chi connectivity index (χ3n) is 6.04. The quantitative estimate of drug-likeness (QED) is 0.238. The lowest BCUT2D eigenvalue weighted by Gasteiger charge is -2.23. The third-order valence-corrected chi connectivity index (χ3v) is 6.04. The fraction of sp³-hybridized carbons (Fsp3) is 0.286. The van der Waals surface area contributed by atoms with Crippen LogP contribution in [0.25, 0.3) is 16.3 Å². The molecule has 0 aromatic heterocycles. The number of ketones is 1. The van der Waals surface area contributed by atoms with E-state index in [0.29, 0.717) is 5.56 Å². The summed E-state index contributed by atoms with van der Waals surface area (Å²) in [5, 5.41) is 2.19. The van der Waals surface area contributed by atoms with Gasteiger partial charge in [0.05, 0.1) is 6.67 Å². The molecule has 0 atom stereocenters. The van der Waals surface area contributed by atoms with E-state index in [9.17, 15) is 9.18 Å². The summed E-state index contributed by atoms with van der Waals surface area (Å²) in [6.07, 6.45) is 5.73. The predicted molar refractivity (Wildman–Crippen MR) is 122 cm³/mol. The molecule has 1 aliphatic rings. The lowest BCUT2D eigenvalue weighted by atomic mass is 9.80. The van der Waals surface area contributed by atoms with E-state index < -0.39 is 6.67 Å². The van der Waals surface area contributed by atoms with Crippen molar-refractivity contribution in [2.45, 2.75) is 38.5 Å². The zero-order valence-electron chi connectivity index (χ0n) is 17.2. The third kappa shape index (κ3) is 4.45. The first-order valence-corrected chi connectivity index (χ1v) is 10.9. The maximum Gasteiger partial charge on any atom is 0.196 e. The Morgan fingerprint density at radius 1 is 0.867 bits per heavy atom. The van der Waals surface area contributed by atoms with E-state index in [2.05, 4.69) is 23.9 Å². The Morgan fingerprint density at radius 2 is 1.57 bits per heavy atom. The molecule has 0 unspecified atom stereocenters. The van der Waals surface area contributed by atoms with Crippen molar-refractivity contribution in [2.24, 2.45) is 5.92 Å². The van der Waals surface area contributed by atoms with Crippen molar-refractivity contribution in [3.8, 4) is 0 Å². The Morgan fingerprint density at radius 3 is 2.33 bits per heavy atom. The van der Waals surface area contributed by atoms with E-state index in [4.69, 9.17) is 0 Å². The number of Topliss-reactive ketones (excluding diaryl/α,β-unsaturated/α-hetero) is 1. The molecule has 1 fully saturated rings. The van der Waals surface area contributed by atoms with Gasteiger partial charge in [-0.15, -0.1) is 5.73 Å². The summed E-state index contributed by atoms with van der Waals surface area (Å²) in [6.45, 7) is -0.469. The fourth-order valence-electron chi connectivity index (χ4n) is 4.49. The van der Waals surface area contributed by atoms with Gasteiger partial charge in [-0.25, -0.2) is 0 Å². The number of carbonyl (C=O) groups is 1. The minimum Gasteiger partial charge on any atom is -0.288 e. The highest BCUT2D eigenvalue weighted by Crippen LogP contribution is 2.33. The van der Waals surface area contributed by atoms with Crippen LogP contribution in [0.15, 0.2) is 84.1 Å². The van der Waals surface area contributed by atoms with Gasteiger partial charge in [-0.2, -0.15) is 0 Å². The summed E-state index contributed by atoms with van der Waals surface area (Å²) >= 11 is 0. The minimum absolute atomic E-state index is 0.0269. The molecule has 0 saturated heterocycles. The summed E-state index contributed by atoms with van der Waals surface area (Å²) in [6, 6.07) is 23.6. The zero-order valence-corrected chi connectivity index (χ0v) is 17.2. The molecule has 2 heteroatoms. The van der Waals surface area contributed by atoms with Crippen LogP contribution in [0.1, 0.15) is 54.4 Å². The molecule has 30 heavy (non-hydrogen) atoms. The van der Waals surface area contributed by atoms with E-state index in [1.54, 1.807) is 0 Å². The molecule has 1 nitrogen and oxygen atoms in total. The summed E-state index contributed by atoms with van der Waals surface area (Å²) in [5.41, 5.74) is 6.64. The van der Waals surface area contributed by atoms with Gasteiger partial charge in [0.15, 0.2) is 5.78 Å². The number of alkyl halides is 1. The SMILES string of the molecule is O=C(C(=C=C(CCF)c1cccc2ccccc12)C1CCCCC1)c1ccccc1. The van der Waals surface area contributed by atoms with Gasteiger partial charge in [0.2, 0.25) is 0 Å². The molecule has 1 aliphatic carbocycles. The lowest BCUT2D eigenvalue weighted by molar-refractivity contribution is 0.101. The van der Waals surface area contributed by atoms with Crippen LogP contribution in [0.3, 0.4) is 0 Å². The predicted octanol–water partition coefficient (Wildman–Crippen LogP) is 7.57. The molecule has 0 spiro atoms. The first-order valence-electron chi connectivity index (χ1n) is 10.9. The molecule has 0 radical (unpaired) electrons. The smallest absolute Gasteiger partial charge is 0.196 e. The Kier molecular flexibility index (Phi) is 6.57. The van der Waals surface area contributed by atoms with E-state index >= 15 is 0 Å². The normalized spacial score (nSPS) is 14.3. The van der Waals surface area contributed by atoms with Gasteiger partial charge in [-0.05, 0) is 35.1 Å². The zero-order chi connectivity index (χ0) is 20.8. The second-order valence-corrected chi connectivity index (χ2v) is 8.01. The van der Waals surface area contributed by atoms with Crippen LogP contribution in [0.4, 0.5) is 4.39 Å². The molecule has 3 aromatic rings. The van der Waals surface area contributed by atoms with Crippen molar-refractivity contribution in [1.82, 2.24) is 0 Å². The number of fused-ring (bicyclic) bond motifs is 1. The number of carbonyl (C=O) groups excluding carboxylic acids is 1. The molecule has 0 heterocycles. The van der Waals surface area contributed by atoms with Crippen molar-refractivity contribution in [1.29, 1.82) is 0 Å². The topological polar surface area (TPSA) is 17.1 Å². The Hall–Kier alpha value is -2.96. The summed E-state index contributed by atoms with van der Waals surface area (Å²) < 4.78 is 13.6. The maximum atomic E-state index is 13.6. The van der Waals surface area contributed by atoms with Gasteiger partial charge in [0, 0.05) is 23.1 Å². The highest BCUT2D eigenvalue weighted by molar-refractivity contribution is 6.09. The molecule has 3 aromatic carbocycles. The van der Waals surface area contributed by atoms with Crippen LogP contribution < -0.4 is 0 Å². The van der Waals surface area contributed by atoms with Crippen molar-refractivity contribution in [3.63, 3.8) is 0 Å². The van der Waals surface area contributed by atoms with Crippen LogP contribution in [0.5, 0.6) is 0 Å². The fourth-order valence-corrected chi connectivity index (χ4v) is 4.49. The molecule has 4 rings (SSSR count). The van der Waals surface area contributed by atoms with E-state index in [1.165, 1.54) is 6.42 Å². The average molecular weight is 399 g/mol. The Bertz CT molecular complexity index is 1080. The number of hydrogen-bond donors (Lipinski definition) is 0. The highest BCUT2D eigenvalue weighted by Gasteiger charge is 2.24. The summed E-state index contributed by atoms with van der Waals surface area (Å²) in [4.78, 5) is 13.5. The Labute approximate surface area is 177 Å².